The molecule has 1 amide bonds. The van der Waals surface area contributed by atoms with Gasteiger partial charge in [-0.3, -0.25) is 4.79 Å². The fourth-order valence-electron chi connectivity index (χ4n) is 4.31. The second-order valence-corrected chi connectivity index (χ2v) is 9.25. The molecule has 0 saturated heterocycles. The lowest BCUT2D eigenvalue weighted by Gasteiger charge is -2.36. The number of hydrogen-bond acceptors (Lipinski definition) is 3. The molecule has 2 aliphatic rings. The van der Waals surface area contributed by atoms with Gasteiger partial charge < -0.3 is 5.32 Å². The van der Waals surface area contributed by atoms with Crippen molar-refractivity contribution in [2.45, 2.75) is 33.1 Å². The van der Waals surface area contributed by atoms with Crippen LogP contribution in [0.15, 0.2) is 34.8 Å². The Morgan fingerprint density at radius 3 is 2.96 bits per heavy atom. The molecule has 23 heavy (non-hydrogen) atoms. The van der Waals surface area contributed by atoms with E-state index in [9.17, 15) is 4.79 Å². The number of anilines is 1. The van der Waals surface area contributed by atoms with Crippen molar-refractivity contribution in [2.24, 2.45) is 16.7 Å². The number of aromatic nitrogens is 1. The summed E-state index contributed by atoms with van der Waals surface area (Å²) in [6, 6.07) is 5.96. The summed E-state index contributed by atoms with van der Waals surface area (Å²) in [6.07, 6.45) is 2.97. The number of carbonyl (C=O) groups is 1. The normalized spacial score (nSPS) is 28.5. The maximum atomic E-state index is 13.0. The van der Waals surface area contributed by atoms with Gasteiger partial charge in [-0.05, 0) is 48.8 Å². The Morgan fingerprint density at radius 2 is 2.26 bits per heavy atom. The molecule has 2 aliphatic carbocycles. The van der Waals surface area contributed by atoms with E-state index in [4.69, 9.17) is 0 Å². The lowest BCUT2D eigenvalue weighted by Crippen LogP contribution is -2.37. The summed E-state index contributed by atoms with van der Waals surface area (Å²) in [5.41, 5.74) is 1.68. The van der Waals surface area contributed by atoms with Gasteiger partial charge in [0.15, 0.2) is 5.13 Å². The van der Waals surface area contributed by atoms with Gasteiger partial charge in [-0.25, -0.2) is 4.98 Å². The topological polar surface area (TPSA) is 42.0 Å². The third-order valence-corrected chi connectivity index (χ3v) is 7.32. The Kier molecular flexibility index (Phi) is 3.27. The number of nitrogens with zero attached hydrogens (tertiary/aromatic N) is 1. The fourth-order valence-corrected chi connectivity index (χ4v) is 5.72. The van der Waals surface area contributed by atoms with Gasteiger partial charge in [0.25, 0.3) is 0 Å². The largest absolute Gasteiger partial charge is 0.301 e. The number of fused-ring (bicyclic) bond motifs is 3. The molecule has 0 spiro atoms. The van der Waals surface area contributed by atoms with E-state index in [-0.39, 0.29) is 11.3 Å². The van der Waals surface area contributed by atoms with Gasteiger partial charge in [-0.1, -0.05) is 53.3 Å². The number of benzene rings is 1. The molecule has 2 aromatic rings. The summed E-state index contributed by atoms with van der Waals surface area (Å²) >= 11 is 4.99. The monoisotopic (exact) mass is 390 g/mol. The van der Waals surface area contributed by atoms with Crippen LogP contribution in [0.1, 0.15) is 33.1 Å². The number of halogens is 1. The van der Waals surface area contributed by atoms with E-state index in [0.29, 0.717) is 11.0 Å². The number of carbonyl (C=O) groups excluding carboxylic acids is 1. The highest BCUT2D eigenvalue weighted by Crippen LogP contribution is 2.65. The first-order valence-corrected chi connectivity index (χ1v) is 9.51. The average molecular weight is 391 g/mol. The summed E-state index contributed by atoms with van der Waals surface area (Å²) in [7, 11) is 0. The molecule has 2 fully saturated rings. The molecule has 0 aliphatic heterocycles. The van der Waals surface area contributed by atoms with Crippen molar-refractivity contribution >= 4 is 48.5 Å². The average Bonchev–Trinajstić information content (AvgIpc) is 3.13. The maximum Gasteiger partial charge on any atom is 0.236 e. The molecule has 3 nitrogen and oxygen atoms in total. The third kappa shape index (κ3) is 2.13. The van der Waals surface area contributed by atoms with Crippen LogP contribution in [0.3, 0.4) is 0 Å². The van der Waals surface area contributed by atoms with Crippen LogP contribution < -0.4 is 5.32 Å². The molecular formula is C18H19BrN2OS. The van der Waals surface area contributed by atoms with E-state index in [1.165, 1.54) is 11.3 Å². The quantitative estimate of drug-likeness (QED) is 0.699. The van der Waals surface area contributed by atoms with Gasteiger partial charge in [-0.2, -0.15) is 0 Å². The fraction of sp³-hybridized carbons (Fsp3) is 0.444. The van der Waals surface area contributed by atoms with E-state index in [0.717, 1.165) is 39.5 Å². The molecule has 120 valence electrons. The zero-order chi connectivity index (χ0) is 16.4. The van der Waals surface area contributed by atoms with E-state index < -0.39 is 5.41 Å². The zero-order valence-electron chi connectivity index (χ0n) is 13.3. The van der Waals surface area contributed by atoms with Crippen LogP contribution in [-0.2, 0) is 4.79 Å². The lowest BCUT2D eigenvalue weighted by atomic mass is 9.68. The Hall–Kier alpha value is -1.20. The molecular weight excluding hydrogens is 372 g/mol. The SMILES string of the molecule is C=C1C(C)(C)[C@@H]2CC[C@]1(C(=O)Nc1nc3ccc(Br)cc3s1)C2. The summed E-state index contributed by atoms with van der Waals surface area (Å²) in [5, 5.41) is 3.75. The van der Waals surface area contributed by atoms with E-state index in [2.05, 4.69) is 46.7 Å². The van der Waals surface area contributed by atoms with Gasteiger partial charge in [0, 0.05) is 4.47 Å². The van der Waals surface area contributed by atoms with Crippen LogP contribution >= 0.6 is 27.3 Å². The van der Waals surface area contributed by atoms with E-state index in [1.807, 2.05) is 18.2 Å². The van der Waals surface area contributed by atoms with Gasteiger partial charge >= 0.3 is 0 Å². The summed E-state index contributed by atoms with van der Waals surface area (Å²) in [4.78, 5) is 17.6. The van der Waals surface area contributed by atoms with Crippen molar-refractivity contribution in [3.05, 3.63) is 34.8 Å². The van der Waals surface area contributed by atoms with Crippen LogP contribution in [-0.4, -0.2) is 10.9 Å². The number of amides is 1. The molecule has 4 rings (SSSR count). The smallest absolute Gasteiger partial charge is 0.236 e. The Balaban J connectivity index is 1.63. The highest BCUT2D eigenvalue weighted by atomic mass is 79.9. The molecule has 2 atom stereocenters. The van der Waals surface area contributed by atoms with Crippen LogP contribution in [0.2, 0.25) is 0 Å². The lowest BCUT2D eigenvalue weighted by molar-refractivity contribution is -0.123. The molecule has 1 aromatic heterocycles. The number of thiazole rings is 1. The highest BCUT2D eigenvalue weighted by molar-refractivity contribution is 9.10. The first-order valence-electron chi connectivity index (χ1n) is 7.90. The molecule has 1 N–H and O–H groups in total. The molecule has 0 radical (unpaired) electrons. The summed E-state index contributed by atoms with van der Waals surface area (Å²) < 4.78 is 2.09. The molecule has 1 heterocycles. The van der Waals surface area contributed by atoms with Crippen LogP contribution in [0.25, 0.3) is 10.2 Å². The molecule has 5 heteroatoms. The molecule has 2 saturated carbocycles. The minimum Gasteiger partial charge on any atom is -0.301 e. The maximum absolute atomic E-state index is 13.0. The Morgan fingerprint density at radius 1 is 1.48 bits per heavy atom. The summed E-state index contributed by atoms with van der Waals surface area (Å²) in [5.74, 6) is 0.653. The minimum atomic E-state index is -0.396. The number of hydrogen-bond donors (Lipinski definition) is 1. The predicted octanol–water partition coefficient (Wildman–Crippen LogP) is 5.38. The first kappa shape index (κ1) is 15.3. The third-order valence-electron chi connectivity index (χ3n) is 5.90. The van der Waals surface area contributed by atoms with Crippen LogP contribution in [0.4, 0.5) is 5.13 Å². The van der Waals surface area contributed by atoms with E-state index in [1.54, 1.807) is 0 Å². The van der Waals surface area contributed by atoms with Crippen molar-refractivity contribution in [1.29, 1.82) is 0 Å². The van der Waals surface area contributed by atoms with Gasteiger partial charge in [-0.15, -0.1) is 0 Å². The highest BCUT2D eigenvalue weighted by Gasteiger charge is 2.60. The van der Waals surface area contributed by atoms with Crippen molar-refractivity contribution in [3.8, 4) is 0 Å². The first-order chi connectivity index (χ1) is 10.8. The second kappa shape index (κ2) is 4.90. The van der Waals surface area contributed by atoms with E-state index >= 15 is 0 Å². The minimum absolute atomic E-state index is 0.0635. The Bertz CT molecular complexity index is 841. The van der Waals surface area contributed by atoms with Crippen molar-refractivity contribution in [3.63, 3.8) is 0 Å². The zero-order valence-corrected chi connectivity index (χ0v) is 15.7. The van der Waals surface area contributed by atoms with Crippen molar-refractivity contribution < 1.29 is 4.79 Å². The molecule has 0 unspecified atom stereocenters. The summed E-state index contributed by atoms with van der Waals surface area (Å²) in [6.45, 7) is 8.75. The molecule has 2 bridgehead atoms. The van der Waals surface area contributed by atoms with Crippen molar-refractivity contribution in [2.75, 3.05) is 5.32 Å². The second-order valence-electron chi connectivity index (χ2n) is 7.31. The van der Waals surface area contributed by atoms with Crippen LogP contribution in [0.5, 0.6) is 0 Å². The number of nitrogens with one attached hydrogen (secondary N) is 1. The van der Waals surface area contributed by atoms with Gasteiger partial charge in [0.05, 0.1) is 15.6 Å². The predicted molar refractivity (Wildman–Crippen MR) is 98.6 cm³/mol. The van der Waals surface area contributed by atoms with Crippen molar-refractivity contribution in [1.82, 2.24) is 4.98 Å². The van der Waals surface area contributed by atoms with Crippen LogP contribution in [0, 0.1) is 16.7 Å². The standard InChI is InChI=1S/C18H19BrN2OS/c1-10-17(2,3)11-6-7-18(10,9-11)15(22)21-16-20-13-5-4-12(19)8-14(13)23-16/h4-5,8,11H,1,6-7,9H2,2-3H3,(H,20,21,22)/t11-,18+/m1/s1. The number of rotatable bonds is 2. The van der Waals surface area contributed by atoms with Gasteiger partial charge in [0.2, 0.25) is 5.91 Å². The van der Waals surface area contributed by atoms with Gasteiger partial charge in [0.1, 0.15) is 0 Å². The Labute approximate surface area is 148 Å². The molecule has 1 aromatic carbocycles.